The Morgan fingerprint density at radius 2 is 2.14 bits per heavy atom. The molecule has 0 fully saturated rings. The number of rotatable bonds is 7. The van der Waals surface area contributed by atoms with Gasteiger partial charge in [-0.25, -0.2) is 0 Å². The lowest BCUT2D eigenvalue weighted by atomic mass is 10.2. The molecule has 2 rings (SSSR count). The number of nitrogens with one attached hydrogen (secondary N) is 1. The van der Waals surface area contributed by atoms with Crippen molar-refractivity contribution in [2.75, 3.05) is 13.1 Å². The molecule has 4 nitrogen and oxygen atoms in total. The lowest BCUT2D eigenvalue weighted by Crippen LogP contribution is -2.21. The molecular weight excluding hydrogens is 306 g/mol. The van der Waals surface area contributed by atoms with Gasteiger partial charge in [0.05, 0.1) is 5.02 Å². The first-order valence-corrected chi connectivity index (χ1v) is 8.27. The number of aromatic nitrogens is 2. The first kappa shape index (κ1) is 16.2. The van der Waals surface area contributed by atoms with Crippen LogP contribution in [0.4, 0.5) is 0 Å². The van der Waals surface area contributed by atoms with Gasteiger partial charge in [0.15, 0.2) is 0 Å². The lowest BCUT2D eigenvalue weighted by Gasteiger charge is -2.05. The van der Waals surface area contributed by atoms with E-state index in [1.807, 2.05) is 0 Å². The second kappa shape index (κ2) is 7.73. The van der Waals surface area contributed by atoms with Crippen molar-refractivity contribution in [3.05, 3.63) is 28.2 Å². The van der Waals surface area contributed by atoms with Crippen LogP contribution in [0.5, 0.6) is 5.75 Å². The molecule has 1 heterocycles. The van der Waals surface area contributed by atoms with Gasteiger partial charge in [-0.2, -0.15) is 0 Å². The average Bonchev–Trinajstić information content (AvgIpc) is 2.89. The zero-order chi connectivity index (χ0) is 15.2. The van der Waals surface area contributed by atoms with Crippen LogP contribution in [0.1, 0.15) is 25.3 Å². The van der Waals surface area contributed by atoms with Gasteiger partial charge >= 0.3 is 0 Å². The van der Waals surface area contributed by atoms with E-state index < -0.39 is 0 Å². The third kappa shape index (κ3) is 4.95. The summed E-state index contributed by atoms with van der Waals surface area (Å²) >= 11 is 7.66. The maximum atomic E-state index is 9.54. The van der Waals surface area contributed by atoms with Gasteiger partial charge in [-0.05, 0) is 43.6 Å². The summed E-state index contributed by atoms with van der Waals surface area (Å²) in [5.41, 5.74) is 0.735. The van der Waals surface area contributed by atoms with Gasteiger partial charge in [0.1, 0.15) is 15.8 Å². The molecule has 2 N–H and O–H groups in total. The van der Waals surface area contributed by atoms with Crippen LogP contribution in [0.25, 0.3) is 10.6 Å². The number of phenolic OH excluding ortho intramolecular Hbond substituents is 1. The van der Waals surface area contributed by atoms with Crippen molar-refractivity contribution < 1.29 is 5.11 Å². The largest absolute Gasteiger partial charge is 0.508 e. The predicted octanol–water partition coefficient (Wildman–Crippen LogP) is 3.74. The maximum Gasteiger partial charge on any atom is 0.149 e. The van der Waals surface area contributed by atoms with Crippen molar-refractivity contribution in [3.8, 4) is 16.3 Å². The third-order valence-corrected chi connectivity index (χ3v) is 4.29. The Balaban J connectivity index is 1.91. The van der Waals surface area contributed by atoms with E-state index in [1.165, 1.54) is 11.3 Å². The van der Waals surface area contributed by atoms with Gasteiger partial charge in [-0.15, -0.1) is 10.2 Å². The van der Waals surface area contributed by atoms with Gasteiger partial charge in [-0.1, -0.05) is 36.8 Å². The quantitative estimate of drug-likeness (QED) is 0.761. The van der Waals surface area contributed by atoms with Gasteiger partial charge in [0.2, 0.25) is 0 Å². The van der Waals surface area contributed by atoms with Gasteiger partial charge in [0.25, 0.3) is 0 Å². The molecular formula is C15H20ClN3OS. The number of benzene rings is 1. The minimum Gasteiger partial charge on any atom is -0.508 e. The summed E-state index contributed by atoms with van der Waals surface area (Å²) in [5, 5.41) is 23.6. The smallest absolute Gasteiger partial charge is 0.149 e. The number of halogens is 1. The van der Waals surface area contributed by atoms with E-state index in [0.29, 0.717) is 10.9 Å². The predicted molar refractivity (Wildman–Crippen MR) is 88.0 cm³/mol. The Labute approximate surface area is 134 Å². The summed E-state index contributed by atoms with van der Waals surface area (Å²) in [6, 6.07) is 4.86. The van der Waals surface area contributed by atoms with Crippen LogP contribution in [0, 0.1) is 5.92 Å². The third-order valence-electron chi connectivity index (χ3n) is 2.94. The van der Waals surface area contributed by atoms with E-state index in [4.69, 9.17) is 11.6 Å². The topological polar surface area (TPSA) is 58.0 Å². The van der Waals surface area contributed by atoms with Crippen molar-refractivity contribution in [3.63, 3.8) is 0 Å². The highest BCUT2D eigenvalue weighted by Crippen LogP contribution is 2.33. The Kier molecular flexibility index (Phi) is 5.96. The summed E-state index contributed by atoms with van der Waals surface area (Å²) < 4.78 is 0. The first-order valence-electron chi connectivity index (χ1n) is 7.08. The number of aromatic hydroxyl groups is 1. The molecule has 0 aliphatic rings. The molecule has 21 heavy (non-hydrogen) atoms. The Bertz CT molecular complexity index is 586. The maximum absolute atomic E-state index is 9.54. The summed E-state index contributed by atoms with van der Waals surface area (Å²) in [5.74, 6) is 0.857. The second-order valence-electron chi connectivity index (χ2n) is 5.37. The van der Waals surface area contributed by atoms with E-state index >= 15 is 0 Å². The number of nitrogens with zero attached hydrogens (tertiary/aromatic N) is 2. The summed E-state index contributed by atoms with van der Waals surface area (Å²) in [7, 11) is 0. The van der Waals surface area contributed by atoms with Crippen LogP contribution in [-0.2, 0) is 6.42 Å². The molecule has 2 aromatic rings. The standard InChI is InChI=1S/C15H20ClN3OS/c1-10(2)9-17-7-3-4-14-18-19-15(21-14)12-8-11(20)5-6-13(12)16/h5-6,8,10,17,20H,3-4,7,9H2,1-2H3. The molecule has 114 valence electrons. The molecule has 0 radical (unpaired) electrons. The molecule has 0 unspecified atom stereocenters. The zero-order valence-corrected chi connectivity index (χ0v) is 13.8. The Hall–Kier alpha value is -1.17. The van der Waals surface area contributed by atoms with Crippen LogP contribution < -0.4 is 5.32 Å². The molecule has 0 bridgehead atoms. The van der Waals surface area contributed by atoms with Gasteiger partial charge < -0.3 is 10.4 Å². The fraction of sp³-hybridized carbons (Fsp3) is 0.467. The fourth-order valence-electron chi connectivity index (χ4n) is 1.90. The normalized spacial score (nSPS) is 11.2. The molecule has 1 aromatic heterocycles. The molecule has 0 amide bonds. The number of hydrogen-bond acceptors (Lipinski definition) is 5. The summed E-state index contributed by atoms with van der Waals surface area (Å²) in [4.78, 5) is 0. The van der Waals surface area contributed by atoms with Crippen LogP contribution >= 0.6 is 22.9 Å². The van der Waals surface area contributed by atoms with Crippen molar-refractivity contribution in [2.45, 2.75) is 26.7 Å². The van der Waals surface area contributed by atoms with E-state index in [-0.39, 0.29) is 5.75 Å². The zero-order valence-electron chi connectivity index (χ0n) is 12.3. The van der Waals surface area contributed by atoms with Crippen molar-refractivity contribution in [2.24, 2.45) is 5.92 Å². The SMILES string of the molecule is CC(C)CNCCCc1nnc(-c2cc(O)ccc2Cl)s1. The molecule has 0 saturated carbocycles. The van der Waals surface area contributed by atoms with Crippen molar-refractivity contribution >= 4 is 22.9 Å². The number of hydrogen-bond donors (Lipinski definition) is 2. The highest BCUT2D eigenvalue weighted by atomic mass is 35.5. The monoisotopic (exact) mass is 325 g/mol. The van der Waals surface area contributed by atoms with Crippen LogP contribution in [0.2, 0.25) is 5.02 Å². The molecule has 0 spiro atoms. The number of aryl methyl sites for hydroxylation is 1. The Morgan fingerprint density at radius 3 is 2.90 bits per heavy atom. The minimum absolute atomic E-state index is 0.184. The van der Waals surface area contributed by atoms with Crippen molar-refractivity contribution in [1.29, 1.82) is 0 Å². The number of phenols is 1. The average molecular weight is 326 g/mol. The van der Waals surface area contributed by atoms with E-state index in [0.717, 1.165) is 41.5 Å². The van der Waals surface area contributed by atoms with Crippen molar-refractivity contribution in [1.82, 2.24) is 15.5 Å². The van der Waals surface area contributed by atoms with E-state index in [1.54, 1.807) is 18.2 Å². The van der Waals surface area contributed by atoms with Crippen LogP contribution in [0.3, 0.4) is 0 Å². The molecule has 0 aliphatic heterocycles. The molecule has 0 saturated heterocycles. The van der Waals surface area contributed by atoms with Crippen LogP contribution in [0.15, 0.2) is 18.2 Å². The molecule has 6 heteroatoms. The Morgan fingerprint density at radius 1 is 1.33 bits per heavy atom. The van der Waals surface area contributed by atoms with Gasteiger partial charge in [0, 0.05) is 12.0 Å². The molecule has 0 atom stereocenters. The van der Waals surface area contributed by atoms with Gasteiger partial charge in [-0.3, -0.25) is 0 Å². The highest BCUT2D eigenvalue weighted by molar-refractivity contribution is 7.14. The van der Waals surface area contributed by atoms with Crippen LogP contribution in [-0.4, -0.2) is 28.4 Å². The fourth-order valence-corrected chi connectivity index (χ4v) is 3.07. The first-order chi connectivity index (χ1) is 10.1. The lowest BCUT2D eigenvalue weighted by molar-refractivity contribution is 0.475. The summed E-state index contributed by atoms with van der Waals surface area (Å²) in [6.07, 6.45) is 1.94. The second-order valence-corrected chi connectivity index (χ2v) is 6.84. The highest BCUT2D eigenvalue weighted by Gasteiger charge is 2.11. The molecule has 0 aliphatic carbocycles. The summed E-state index contributed by atoms with van der Waals surface area (Å²) in [6.45, 7) is 6.42. The van der Waals surface area contributed by atoms with E-state index in [9.17, 15) is 5.11 Å². The van der Waals surface area contributed by atoms with E-state index in [2.05, 4.69) is 29.4 Å². The molecule has 1 aromatic carbocycles. The minimum atomic E-state index is 0.184.